The number of aliphatic hydroxyl groups excluding tert-OH is 3. The zero-order valence-electron chi connectivity index (χ0n) is 20.5. The molecule has 1 rings (SSSR count). The van der Waals surface area contributed by atoms with Crippen molar-refractivity contribution < 1.29 is 53.8 Å². The lowest BCUT2D eigenvalue weighted by Gasteiger charge is -2.48. The van der Waals surface area contributed by atoms with E-state index in [4.69, 9.17) is 9.47 Å². The first-order valence-corrected chi connectivity index (χ1v) is 13.9. The van der Waals surface area contributed by atoms with Crippen LogP contribution in [0.25, 0.3) is 0 Å². The van der Waals surface area contributed by atoms with Crippen LogP contribution >= 0.6 is 7.60 Å². The van der Waals surface area contributed by atoms with E-state index in [1.165, 1.54) is 32.1 Å². The highest BCUT2D eigenvalue weighted by Gasteiger charge is 2.64. The fourth-order valence-corrected chi connectivity index (χ4v) is 4.95. The van der Waals surface area contributed by atoms with Gasteiger partial charge < -0.3 is 45.0 Å². The molecule has 1 fully saturated rings. The van der Waals surface area contributed by atoms with Gasteiger partial charge in [-0.25, -0.2) is 0 Å². The highest BCUT2D eigenvalue weighted by Crippen LogP contribution is 2.55. The van der Waals surface area contributed by atoms with E-state index in [9.17, 15) is 44.4 Å². The maximum absolute atomic E-state index is 12.4. The molecule has 13 heteroatoms. The third-order valence-corrected chi connectivity index (χ3v) is 7.26. The number of unbranched alkanes of at least 4 members (excludes halogenated alkanes) is 8. The first-order valence-electron chi connectivity index (χ1n) is 12.3. The Labute approximate surface area is 206 Å². The van der Waals surface area contributed by atoms with Crippen molar-refractivity contribution in [3.8, 4) is 0 Å². The lowest BCUT2D eigenvalue weighted by atomic mass is 9.96. The van der Waals surface area contributed by atoms with Crippen molar-refractivity contribution in [1.82, 2.24) is 5.32 Å². The first-order chi connectivity index (χ1) is 16.4. The number of esters is 1. The Hall–Kier alpha value is -1.11. The zero-order valence-corrected chi connectivity index (χ0v) is 21.4. The van der Waals surface area contributed by atoms with Gasteiger partial charge in [0.25, 0.3) is 5.53 Å². The number of ether oxygens (including phenoxy) is 2. The number of hydrogen-bond acceptors (Lipinski definition) is 9. The second-order valence-corrected chi connectivity index (χ2v) is 10.9. The third kappa shape index (κ3) is 10.0. The standard InChI is InChI=1S/C22H42NO11P/c1-3-4-5-6-7-8-9-10-11-12-16(26)13-18(27)33-20-19(28)17(14-24)34-22(29,35(30,31)32)21(20)23-15(2)25/h16-17,19-21,24,26,28-29H,3-14H2,1-2H3,(H,23,25)(H2,30,31,32)/t16-,17-,19-,20+,21-,22-/m1/s1. The number of nitrogens with one attached hydrogen (secondary N) is 1. The summed E-state index contributed by atoms with van der Waals surface area (Å²) in [6, 6.07) is -2.04. The van der Waals surface area contributed by atoms with Crippen molar-refractivity contribution in [2.24, 2.45) is 0 Å². The quantitative estimate of drug-likeness (QED) is 0.0843. The van der Waals surface area contributed by atoms with Crippen LogP contribution in [0.15, 0.2) is 0 Å². The van der Waals surface area contributed by atoms with Gasteiger partial charge >= 0.3 is 13.6 Å². The fraction of sp³-hybridized carbons (Fsp3) is 0.909. The van der Waals surface area contributed by atoms with E-state index >= 15 is 0 Å². The Morgan fingerprint density at radius 2 is 1.63 bits per heavy atom. The van der Waals surface area contributed by atoms with Crippen LogP contribution in [0.1, 0.15) is 84.5 Å². The Bertz CT molecular complexity index is 703. The Morgan fingerprint density at radius 3 is 2.11 bits per heavy atom. The monoisotopic (exact) mass is 527 g/mol. The van der Waals surface area contributed by atoms with Crippen molar-refractivity contribution in [3.63, 3.8) is 0 Å². The summed E-state index contributed by atoms with van der Waals surface area (Å²) in [5, 5.41) is 42.7. The van der Waals surface area contributed by atoms with Crippen LogP contribution in [0.3, 0.4) is 0 Å². The van der Waals surface area contributed by atoms with Gasteiger partial charge in [0.2, 0.25) is 5.91 Å². The van der Waals surface area contributed by atoms with Gasteiger partial charge in [-0.2, -0.15) is 0 Å². The van der Waals surface area contributed by atoms with Crippen LogP contribution in [0.2, 0.25) is 0 Å². The van der Waals surface area contributed by atoms with Gasteiger partial charge in [0.1, 0.15) is 18.2 Å². The summed E-state index contributed by atoms with van der Waals surface area (Å²) >= 11 is 0. The van der Waals surface area contributed by atoms with Gasteiger partial charge in [-0.05, 0) is 6.42 Å². The molecule has 1 heterocycles. The SMILES string of the molecule is CCCCCCCCCCC[C@@H](O)CC(=O)O[C@H]1[C@H](O)[C@@H](CO)O[C@@](O)(P(=O)(O)O)[C@@H]1NC(C)=O. The maximum Gasteiger partial charge on any atom is 0.386 e. The van der Waals surface area contributed by atoms with Crippen molar-refractivity contribution in [1.29, 1.82) is 0 Å². The normalized spacial score (nSPS) is 27.9. The second-order valence-electron chi connectivity index (χ2n) is 9.14. The van der Waals surface area contributed by atoms with E-state index in [0.29, 0.717) is 12.8 Å². The highest BCUT2D eigenvalue weighted by atomic mass is 31.2. The summed E-state index contributed by atoms with van der Waals surface area (Å²) in [5.41, 5.74) is -3.37. The molecule has 6 atom stereocenters. The molecule has 0 aliphatic carbocycles. The van der Waals surface area contributed by atoms with Crippen molar-refractivity contribution in [3.05, 3.63) is 0 Å². The average Bonchev–Trinajstić information content (AvgIpc) is 2.76. The van der Waals surface area contributed by atoms with Crippen molar-refractivity contribution in [2.45, 2.75) is 120 Å². The number of rotatable bonds is 16. The van der Waals surface area contributed by atoms with Crippen molar-refractivity contribution in [2.75, 3.05) is 6.61 Å². The van der Waals surface area contributed by atoms with E-state index in [0.717, 1.165) is 26.2 Å². The molecule has 12 nitrogen and oxygen atoms in total. The van der Waals surface area contributed by atoms with E-state index in [1.54, 1.807) is 0 Å². The molecule has 0 bridgehead atoms. The molecule has 1 aliphatic heterocycles. The van der Waals surface area contributed by atoms with Crippen molar-refractivity contribution >= 4 is 19.5 Å². The number of aliphatic hydroxyl groups is 4. The van der Waals surface area contributed by atoms with E-state index < -0.39 is 68.5 Å². The molecule has 0 aromatic heterocycles. The minimum atomic E-state index is -5.53. The summed E-state index contributed by atoms with van der Waals surface area (Å²) in [5.74, 6) is -1.87. The van der Waals surface area contributed by atoms with Gasteiger partial charge in [-0.15, -0.1) is 0 Å². The molecule has 0 unspecified atom stereocenters. The molecule has 7 N–H and O–H groups in total. The molecular weight excluding hydrogens is 485 g/mol. The zero-order chi connectivity index (χ0) is 26.6. The number of hydrogen-bond donors (Lipinski definition) is 7. The van der Waals surface area contributed by atoms with E-state index in [2.05, 4.69) is 6.92 Å². The van der Waals surface area contributed by atoms with Crippen LogP contribution in [0.5, 0.6) is 0 Å². The number of amides is 1. The summed E-state index contributed by atoms with van der Waals surface area (Å²) in [6.45, 7) is 2.19. The predicted octanol–water partition coefficient (Wildman–Crippen LogP) is 0.651. The lowest BCUT2D eigenvalue weighted by molar-refractivity contribution is -0.287. The minimum Gasteiger partial charge on any atom is -0.457 e. The van der Waals surface area contributed by atoms with E-state index in [-0.39, 0.29) is 0 Å². The van der Waals surface area contributed by atoms with Crippen LogP contribution in [-0.2, 0) is 23.6 Å². The van der Waals surface area contributed by atoms with Gasteiger partial charge in [-0.3, -0.25) is 14.2 Å². The molecule has 0 aromatic carbocycles. The van der Waals surface area contributed by atoms with Gasteiger partial charge in [0.15, 0.2) is 6.10 Å². The molecule has 35 heavy (non-hydrogen) atoms. The Kier molecular flexibility index (Phi) is 13.9. The molecule has 206 valence electrons. The molecule has 0 aromatic rings. The van der Waals surface area contributed by atoms with E-state index in [1.807, 2.05) is 5.32 Å². The van der Waals surface area contributed by atoms with Crippen LogP contribution < -0.4 is 5.32 Å². The topological polar surface area (TPSA) is 203 Å². The molecular formula is C22H42NO11P. The predicted molar refractivity (Wildman–Crippen MR) is 125 cm³/mol. The van der Waals surface area contributed by atoms with Gasteiger partial charge in [-0.1, -0.05) is 64.7 Å². The molecule has 0 radical (unpaired) electrons. The second kappa shape index (κ2) is 15.2. The smallest absolute Gasteiger partial charge is 0.386 e. The molecule has 1 amide bonds. The lowest BCUT2D eigenvalue weighted by Crippen LogP contribution is -2.70. The number of carbonyl (C=O) groups is 2. The largest absolute Gasteiger partial charge is 0.457 e. The number of carbonyl (C=O) groups excluding carboxylic acids is 2. The third-order valence-electron chi connectivity index (χ3n) is 6.04. The summed E-state index contributed by atoms with van der Waals surface area (Å²) < 4.78 is 22.0. The summed E-state index contributed by atoms with van der Waals surface area (Å²) in [6.07, 6.45) is 3.23. The van der Waals surface area contributed by atoms with Gasteiger partial charge in [0, 0.05) is 6.92 Å². The fourth-order valence-electron chi connectivity index (χ4n) is 4.10. The van der Waals surface area contributed by atoms with Crippen LogP contribution in [0, 0.1) is 0 Å². The average molecular weight is 528 g/mol. The first kappa shape index (κ1) is 31.9. The van der Waals surface area contributed by atoms with Crippen LogP contribution in [0.4, 0.5) is 0 Å². The van der Waals surface area contributed by atoms with Gasteiger partial charge in [0.05, 0.1) is 19.1 Å². The summed E-state index contributed by atoms with van der Waals surface area (Å²) in [4.78, 5) is 43.3. The highest BCUT2D eigenvalue weighted by molar-refractivity contribution is 7.53. The maximum atomic E-state index is 12.4. The summed E-state index contributed by atoms with van der Waals surface area (Å²) in [7, 11) is -5.53. The molecule has 0 spiro atoms. The molecule has 1 saturated heterocycles. The Morgan fingerprint density at radius 1 is 1.09 bits per heavy atom. The van der Waals surface area contributed by atoms with Crippen LogP contribution in [-0.4, -0.2) is 84.7 Å². The molecule has 0 saturated carbocycles. The molecule has 1 aliphatic rings. The minimum absolute atomic E-state index is 0.335. The Balaban J connectivity index is 2.67.